The second-order valence-corrected chi connectivity index (χ2v) is 4.48. The summed E-state index contributed by atoms with van der Waals surface area (Å²) >= 11 is 0. The maximum absolute atomic E-state index is 2.43. The molecule has 0 bridgehead atoms. The Kier molecular flexibility index (Phi) is 1.93. The Morgan fingerprint density at radius 1 is 1.07 bits per heavy atom. The second-order valence-electron chi connectivity index (χ2n) is 4.48. The molecule has 1 aromatic carbocycles. The van der Waals surface area contributed by atoms with Crippen molar-refractivity contribution < 1.29 is 0 Å². The smallest absolute Gasteiger partial charge is 0.0155 e. The normalized spacial score (nSPS) is 21.0. The fourth-order valence-corrected chi connectivity index (χ4v) is 2.46. The molecule has 0 atom stereocenters. The van der Waals surface area contributed by atoms with Crippen LogP contribution in [0.2, 0.25) is 0 Å². The van der Waals surface area contributed by atoms with Crippen molar-refractivity contribution in [3.8, 4) is 0 Å². The fourth-order valence-electron chi connectivity index (χ4n) is 2.46. The Bertz CT molecular complexity index is 369. The molecule has 2 aliphatic rings. The third-order valence-corrected chi connectivity index (χ3v) is 3.36. The Balaban J connectivity index is 2.02. The van der Waals surface area contributed by atoms with Gasteiger partial charge in [0.1, 0.15) is 0 Å². The average molecular weight is 184 g/mol. The molecule has 0 saturated heterocycles. The fraction of sp³-hybridized carbons (Fsp3) is 0.429. The van der Waals surface area contributed by atoms with Crippen LogP contribution in [0.3, 0.4) is 0 Å². The predicted molar refractivity (Wildman–Crippen MR) is 60.2 cm³/mol. The summed E-state index contributed by atoms with van der Waals surface area (Å²) < 4.78 is 0. The minimum atomic E-state index is 0.882. The lowest BCUT2D eigenvalue weighted by atomic mass is 9.96. The molecule has 0 amide bonds. The molecule has 0 unspecified atom stereocenters. The molecular weight excluding hydrogens is 168 g/mol. The zero-order valence-electron chi connectivity index (χ0n) is 8.50. The molecular formula is C14H16. The van der Waals surface area contributed by atoms with Gasteiger partial charge in [-0.15, -0.1) is 0 Å². The van der Waals surface area contributed by atoms with Crippen molar-refractivity contribution in [2.45, 2.75) is 38.0 Å². The molecule has 0 N–H and O–H groups in total. The molecule has 72 valence electrons. The summed E-state index contributed by atoms with van der Waals surface area (Å²) in [6, 6.07) is 9.00. The van der Waals surface area contributed by atoms with Crippen molar-refractivity contribution in [2.75, 3.05) is 0 Å². The molecule has 3 rings (SSSR count). The topological polar surface area (TPSA) is 0 Å². The summed E-state index contributed by atoms with van der Waals surface area (Å²) in [5, 5.41) is 0. The van der Waals surface area contributed by atoms with Crippen LogP contribution in [-0.2, 0) is 0 Å². The minimum absolute atomic E-state index is 0.882. The van der Waals surface area contributed by atoms with E-state index < -0.39 is 0 Å². The van der Waals surface area contributed by atoms with Crippen LogP contribution < -0.4 is 0 Å². The van der Waals surface area contributed by atoms with Crippen molar-refractivity contribution in [2.24, 2.45) is 0 Å². The van der Waals surface area contributed by atoms with E-state index in [0.29, 0.717) is 0 Å². The van der Waals surface area contributed by atoms with Gasteiger partial charge >= 0.3 is 0 Å². The van der Waals surface area contributed by atoms with Crippen LogP contribution in [0.25, 0.3) is 5.57 Å². The third kappa shape index (κ3) is 1.39. The standard InChI is InChI=1S/C14H16/c1-2-6-11(5-1)13-7-3-4-8-14(13)12-9-10-12/h3-5,7-8,12H,1-2,6,9-10H2. The van der Waals surface area contributed by atoms with Crippen molar-refractivity contribution in [1.29, 1.82) is 0 Å². The highest BCUT2D eigenvalue weighted by atomic mass is 14.3. The highest BCUT2D eigenvalue weighted by molar-refractivity contribution is 5.70. The third-order valence-electron chi connectivity index (χ3n) is 3.36. The molecule has 1 saturated carbocycles. The van der Waals surface area contributed by atoms with E-state index in [1.54, 1.807) is 16.7 Å². The van der Waals surface area contributed by atoms with E-state index in [1.807, 2.05) is 0 Å². The number of hydrogen-bond acceptors (Lipinski definition) is 0. The van der Waals surface area contributed by atoms with E-state index in [2.05, 4.69) is 30.3 Å². The molecule has 0 aromatic heterocycles. The van der Waals surface area contributed by atoms with Gasteiger partial charge in [0, 0.05) is 0 Å². The monoisotopic (exact) mass is 184 g/mol. The van der Waals surface area contributed by atoms with E-state index >= 15 is 0 Å². The van der Waals surface area contributed by atoms with Crippen molar-refractivity contribution in [3.05, 3.63) is 41.5 Å². The van der Waals surface area contributed by atoms with Crippen LogP contribution in [0.5, 0.6) is 0 Å². The number of hydrogen-bond donors (Lipinski definition) is 0. The average Bonchev–Trinajstić information content (AvgIpc) is 2.94. The SMILES string of the molecule is C1=C(c2ccccc2C2CC2)CCC1. The first kappa shape index (κ1) is 8.28. The van der Waals surface area contributed by atoms with Crippen LogP contribution in [-0.4, -0.2) is 0 Å². The maximum atomic E-state index is 2.43. The lowest BCUT2D eigenvalue weighted by Crippen LogP contribution is -1.89. The maximum Gasteiger partial charge on any atom is -0.0155 e. The number of rotatable bonds is 2. The predicted octanol–water partition coefficient (Wildman–Crippen LogP) is 4.13. The van der Waals surface area contributed by atoms with E-state index in [-0.39, 0.29) is 0 Å². The van der Waals surface area contributed by atoms with Gasteiger partial charge in [0.05, 0.1) is 0 Å². The van der Waals surface area contributed by atoms with Crippen LogP contribution >= 0.6 is 0 Å². The van der Waals surface area contributed by atoms with Gasteiger partial charge in [-0.05, 0) is 54.7 Å². The zero-order valence-corrected chi connectivity index (χ0v) is 8.50. The molecule has 0 spiro atoms. The van der Waals surface area contributed by atoms with Crippen LogP contribution in [0.15, 0.2) is 30.3 Å². The van der Waals surface area contributed by atoms with Crippen molar-refractivity contribution in [1.82, 2.24) is 0 Å². The van der Waals surface area contributed by atoms with Gasteiger partial charge in [0.2, 0.25) is 0 Å². The molecule has 2 aliphatic carbocycles. The van der Waals surface area contributed by atoms with Crippen molar-refractivity contribution in [3.63, 3.8) is 0 Å². The molecule has 0 nitrogen and oxygen atoms in total. The molecule has 0 heteroatoms. The lowest BCUT2D eigenvalue weighted by Gasteiger charge is -2.08. The van der Waals surface area contributed by atoms with Gasteiger partial charge in [0.25, 0.3) is 0 Å². The van der Waals surface area contributed by atoms with Gasteiger partial charge < -0.3 is 0 Å². The largest absolute Gasteiger partial charge is 0.0807 e. The van der Waals surface area contributed by atoms with Gasteiger partial charge in [-0.2, -0.15) is 0 Å². The molecule has 0 aliphatic heterocycles. The molecule has 0 radical (unpaired) electrons. The Morgan fingerprint density at radius 2 is 1.93 bits per heavy atom. The Labute approximate surface area is 85.6 Å². The van der Waals surface area contributed by atoms with Gasteiger partial charge in [-0.1, -0.05) is 30.3 Å². The molecule has 0 heterocycles. The van der Waals surface area contributed by atoms with Crippen LogP contribution in [0.1, 0.15) is 49.1 Å². The minimum Gasteiger partial charge on any atom is -0.0807 e. The highest BCUT2D eigenvalue weighted by Gasteiger charge is 2.26. The second kappa shape index (κ2) is 3.27. The Morgan fingerprint density at radius 3 is 2.64 bits per heavy atom. The van der Waals surface area contributed by atoms with E-state index in [1.165, 1.54) is 32.1 Å². The number of allylic oxidation sites excluding steroid dienone is 2. The van der Waals surface area contributed by atoms with Crippen LogP contribution in [0.4, 0.5) is 0 Å². The summed E-state index contributed by atoms with van der Waals surface area (Å²) in [7, 11) is 0. The summed E-state index contributed by atoms with van der Waals surface area (Å²) in [5.74, 6) is 0.882. The summed E-state index contributed by atoms with van der Waals surface area (Å²) in [5.41, 5.74) is 4.76. The Hall–Kier alpha value is -1.04. The van der Waals surface area contributed by atoms with E-state index in [9.17, 15) is 0 Å². The summed E-state index contributed by atoms with van der Waals surface area (Å²) in [4.78, 5) is 0. The summed E-state index contributed by atoms with van der Waals surface area (Å²) in [6.45, 7) is 0. The van der Waals surface area contributed by atoms with Gasteiger partial charge in [0.15, 0.2) is 0 Å². The van der Waals surface area contributed by atoms with Crippen LogP contribution in [0, 0.1) is 0 Å². The van der Waals surface area contributed by atoms with Gasteiger partial charge in [-0.25, -0.2) is 0 Å². The lowest BCUT2D eigenvalue weighted by molar-refractivity contribution is 0.933. The molecule has 1 fully saturated rings. The first-order chi connectivity index (χ1) is 6.95. The van der Waals surface area contributed by atoms with Gasteiger partial charge in [-0.3, -0.25) is 0 Å². The molecule has 1 aromatic rings. The first-order valence-electron chi connectivity index (χ1n) is 5.73. The van der Waals surface area contributed by atoms with E-state index in [0.717, 1.165) is 5.92 Å². The van der Waals surface area contributed by atoms with E-state index in [4.69, 9.17) is 0 Å². The van der Waals surface area contributed by atoms with Crippen molar-refractivity contribution >= 4 is 5.57 Å². The summed E-state index contributed by atoms with van der Waals surface area (Å²) in [6.07, 6.45) is 9.18. The molecule has 14 heavy (non-hydrogen) atoms. The highest BCUT2D eigenvalue weighted by Crippen LogP contribution is 2.44. The first-order valence-corrected chi connectivity index (χ1v) is 5.73. The zero-order chi connectivity index (χ0) is 9.38. The quantitative estimate of drug-likeness (QED) is 0.648. The number of benzene rings is 1.